The molecule has 1 aliphatic rings. The fraction of sp³-hybridized carbons (Fsp3) is 0.600. The fourth-order valence-electron chi connectivity index (χ4n) is 1.64. The SMILES string of the molecule is Clc1nc(NCC2CCOCC2)cnc1I. The molecule has 4 nitrogen and oxygen atoms in total. The van der Waals surface area contributed by atoms with Crippen molar-refractivity contribution in [3.05, 3.63) is 15.1 Å². The van der Waals surface area contributed by atoms with Crippen LogP contribution in [0.15, 0.2) is 6.20 Å². The van der Waals surface area contributed by atoms with E-state index in [4.69, 9.17) is 16.3 Å². The Morgan fingerprint density at radius 2 is 2.25 bits per heavy atom. The number of rotatable bonds is 3. The lowest BCUT2D eigenvalue weighted by Crippen LogP contribution is -2.23. The normalized spacial score (nSPS) is 17.4. The minimum atomic E-state index is 0.456. The van der Waals surface area contributed by atoms with Crippen LogP contribution in [0.5, 0.6) is 0 Å². The lowest BCUT2D eigenvalue weighted by Gasteiger charge is -2.22. The van der Waals surface area contributed by atoms with Crippen LogP contribution in [0.1, 0.15) is 12.8 Å². The third-order valence-corrected chi connectivity index (χ3v) is 3.97. The molecule has 0 unspecified atom stereocenters. The molecule has 1 fully saturated rings. The highest BCUT2D eigenvalue weighted by atomic mass is 127. The van der Waals surface area contributed by atoms with Crippen molar-refractivity contribution in [1.82, 2.24) is 9.97 Å². The van der Waals surface area contributed by atoms with Crippen LogP contribution >= 0.6 is 34.2 Å². The molecule has 0 saturated carbocycles. The summed E-state index contributed by atoms with van der Waals surface area (Å²) in [5.74, 6) is 1.41. The summed E-state index contributed by atoms with van der Waals surface area (Å²) in [6.45, 7) is 2.64. The van der Waals surface area contributed by atoms with Gasteiger partial charge < -0.3 is 10.1 Å². The Hall–Kier alpha value is -0.140. The van der Waals surface area contributed by atoms with Crippen LogP contribution in [0.2, 0.25) is 5.15 Å². The van der Waals surface area contributed by atoms with Gasteiger partial charge in [0.15, 0.2) is 5.15 Å². The molecule has 16 heavy (non-hydrogen) atoms. The van der Waals surface area contributed by atoms with E-state index in [1.54, 1.807) is 6.20 Å². The van der Waals surface area contributed by atoms with Gasteiger partial charge >= 0.3 is 0 Å². The molecule has 0 aromatic carbocycles. The maximum atomic E-state index is 5.89. The number of hydrogen-bond acceptors (Lipinski definition) is 4. The molecule has 1 aromatic heterocycles. The van der Waals surface area contributed by atoms with E-state index in [0.29, 0.717) is 11.1 Å². The van der Waals surface area contributed by atoms with E-state index in [1.807, 2.05) is 0 Å². The van der Waals surface area contributed by atoms with E-state index in [9.17, 15) is 0 Å². The molecule has 2 heterocycles. The summed E-state index contributed by atoms with van der Waals surface area (Å²) >= 11 is 7.96. The van der Waals surface area contributed by atoms with Crippen molar-refractivity contribution in [2.24, 2.45) is 5.92 Å². The van der Waals surface area contributed by atoms with Crippen LogP contribution in [0.4, 0.5) is 5.82 Å². The number of nitrogens with zero attached hydrogens (tertiary/aromatic N) is 2. The molecule has 1 saturated heterocycles. The van der Waals surface area contributed by atoms with Crippen molar-refractivity contribution in [1.29, 1.82) is 0 Å². The first-order valence-electron chi connectivity index (χ1n) is 5.25. The number of ether oxygens (including phenoxy) is 1. The highest BCUT2D eigenvalue weighted by Crippen LogP contribution is 2.17. The van der Waals surface area contributed by atoms with Crippen molar-refractivity contribution < 1.29 is 4.74 Å². The van der Waals surface area contributed by atoms with Gasteiger partial charge in [-0.2, -0.15) is 0 Å². The molecule has 0 bridgehead atoms. The topological polar surface area (TPSA) is 47.0 Å². The standard InChI is InChI=1S/C10H13ClIN3O/c11-9-10(12)14-6-8(15-9)13-5-7-1-3-16-4-2-7/h6-7H,1-5H2,(H,13,15). The lowest BCUT2D eigenvalue weighted by atomic mass is 10.0. The average molecular weight is 354 g/mol. The van der Waals surface area contributed by atoms with Gasteiger partial charge in [-0.25, -0.2) is 9.97 Å². The van der Waals surface area contributed by atoms with Gasteiger partial charge in [-0.15, -0.1) is 0 Å². The van der Waals surface area contributed by atoms with Gasteiger partial charge in [-0.05, 0) is 41.4 Å². The van der Waals surface area contributed by atoms with E-state index < -0.39 is 0 Å². The van der Waals surface area contributed by atoms with E-state index in [2.05, 4.69) is 37.9 Å². The summed E-state index contributed by atoms with van der Waals surface area (Å²) < 4.78 is 6.04. The molecule has 6 heteroatoms. The summed E-state index contributed by atoms with van der Waals surface area (Å²) in [7, 11) is 0. The van der Waals surface area contributed by atoms with Crippen molar-refractivity contribution >= 4 is 40.0 Å². The van der Waals surface area contributed by atoms with Crippen molar-refractivity contribution in [3.8, 4) is 0 Å². The molecule has 1 aromatic rings. The zero-order valence-corrected chi connectivity index (χ0v) is 11.7. The molecule has 1 aliphatic heterocycles. The van der Waals surface area contributed by atoms with Gasteiger partial charge in [0.25, 0.3) is 0 Å². The Morgan fingerprint density at radius 3 is 2.94 bits per heavy atom. The van der Waals surface area contributed by atoms with Gasteiger partial charge in [-0.3, -0.25) is 0 Å². The monoisotopic (exact) mass is 353 g/mol. The molecule has 0 atom stereocenters. The van der Waals surface area contributed by atoms with Crippen molar-refractivity contribution in [2.75, 3.05) is 25.1 Å². The third kappa shape index (κ3) is 3.43. The fourth-order valence-corrected chi connectivity index (χ4v) is 2.04. The van der Waals surface area contributed by atoms with Gasteiger partial charge in [0, 0.05) is 19.8 Å². The van der Waals surface area contributed by atoms with Crippen LogP contribution in [-0.4, -0.2) is 29.7 Å². The molecule has 0 spiro atoms. The minimum Gasteiger partial charge on any atom is -0.381 e. The highest BCUT2D eigenvalue weighted by molar-refractivity contribution is 14.1. The van der Waals surface area contributed by atoms with E-state index in [-0.39, 0.29) is 0 Å². The maximum Gasteiger partial charge on any atom is 0.163 e. The average Bonchev–Trinajstić information content (AvgIpc) is 2.32. The van der Waals surface area contributed by atoms with Crippen LogP contribution in [-0.2, 0) is 4.74 Å². The zero-order valence-electron chi connectivity index (χ0n) is 8.75. The first-order chi connectivity index (χ1) is 7.75. The first kappa shape index (κ1) is 12.3. The second kappa shape index (κ2) is 5.97. The number of aromatic nitrogens is 2. The minimum absolute atomic E-state index is 0.456. The predicted octanol–water partition coefficient (Wildman–Crippen LogP) is 2.57. The van der Waals surface area contributed by atoms with Crippen LogP contribution < -0.4 is 5.32 Å². The second-order valence-corrected chi connectivity index (χ2v) is 5.15. The van der Waals surface area contributed by atoms with Crippen LogP contribution in [0, 0.1) is 9.62 Å². The van der Waals surface area contributed by atoms with Gasteiger partial charge in [0.05, 0.1) is 6.20 Å². The largest absolute Gasteiger partial charge is 0.381 e. The summed E-state index contributed by atoms with van der Waals surface area (Å²) in [6, 6.07) is 0. The van der Waals surface area contributed by atoms with E-state index in [0.717, 1.165) is 42.1 Å². The molecule has 0 radical (unpaired) electrons. The zero-order chi connectivity index (χ0) is 11.4. The highest BCUT2D eigenvalue weighted by Gasteiger charge is 2.13. The van der Waals surface area contributed by atoms with Crippen LogP contribution in [0.3, 0.4) is 0 Å². The predicted molar refractivity (Wildman–Crippen MR) is 71.8 cm³/mol. The van der Waals surface area contributed by atoms with Crippen LogP contribution in [0.25, 0.3) is 0 Å². The Kier molecular flexibility index (Phi) is 4.60. The first-order valence-corrected chi connectivity index (χ1v) is 6.71. The summed E-state index contributed by atoms with van der Waals surface area (Å²) in [4.78, 5) is 8.36. The van der Waals surface area contributed by atoms with Gasteiger partial charge in [0.1, 0.15) is 9.52 Å². The Labute approximate surface area is 113 Å². The van der Waals surface area contributed by atoms with Crippen molar-refractivity contribution in [2.45, 2.75) is 12.8 Å². The smallest absolute Gasteiger partial charge is 0.163 e. The molecule has 0 amide bonds. The van der Waals surface area contributed by atoms with E-state index in [1.165, 1.54) is 0 Å². The van der Waals surface area contributed by atoms with Gasteiger partial charge in [0.2, 0.25) is 0 Å². The number of halogens is 2. The Morgan fingerprint density at radius 1 is 1.50 bits per heavy atom. The molecule has 88 valence electrons. The number of nitrogens with one attached hydrogen (secondary N) is 1. The summed E-state index contributed by atoms with van der Waals surface area (Å²) in [5, 5.41) is 3.72. The van der Waals surface area contributed by atoms with E-state index >= 15 is 0 Å². The molecule has 1 N–H and O–H groups in total. The number of anilines is 1. The molecule has 0 aliphatic carbocycles. The quantitative estimate of drug-likeness (QED) is 0.849. The van der Waals surface area contributed by atoms with Gasteiger partial charge in [-0.1, -0.05) is 11.6 Å². The Balaban J connectivity index is 1.86. The second-order valence-electron chi connectivity index (χ2n) is 3.77. The summed E-state index contributed by atoms with van der Waals surface area (Å²) in [6.07, 6.45) is 3.93. The Bertz CT molecular complexity index is 358. The third-order valence-electron chi connectivity index (χ3n) is 2.60. The molecular formula is C10H13ClIN3O. The summed E-state index contributed by atoms with van der Waals surface area (Å²) in [5.41, 5.74) is 0. The molecule has 2 rings (SSSR count). The lowest BCUT2D eigenvalue weighted by molar-refractivity contribution is 0.0699. The van der Waals surface area contributed by atoms with Crippen molar-refractivity contribution in [3.63, 3.8) is 0 Å². The number of hydrogen-bond donors (Lipinski definition) is 1. The maximum absolute atomic E-state index is 5.89. The molecular weight excluding hydrogens is 340 g/mol.